The zero-order valence-electron chi connectivity index (χ0n) is 14.6. The maximum absolute atomic E-state index is 13.0. The van der Waals surface area contributed by atoms with Crippen LogP contribution in [0.1, 0.15) is 51.3 Å². The van der Waals surface area contributed by atoms with Crippen molar-refractivity contribution in [1.29, 1.82) is 0 Å². The molecule has 3 aliphatic carbocycles. The molecule has 1 aromatic carbocycles. The van der Waals surface area contributed by atoms with Gasteiger partial charge in [0, 0.05) is 24.1 Å². The third kappa shape index (κ3) is 2.25. The highest BCUT2D eigenvalue weighted by atomic mass is 16.3. The number of carbonyl (C=O) groups is 3. The van der Waals surface area contributed by atoms with E-state index in [1.54, 1.807) is 24.3 Å². The monoisotopic (exact) mass is 369 g/mol. The van der Waals surface area contributed by atoms with Crippen LogP contribution in [0.15, 0.2) is 24.3 Å². The van der Waals surface area contributed by atoms with E-state index in [9.17, 15) is 29.7 Å². The standard InChI is InChI=1S/C20H19NO6/c1-8(22)20(27)6-11-13(12(23)7-20)19(26)15-14(16(11)21)17(24)9-4-2-3-5-10(9)18(15)25/h2-5,9-10,12,23,26-27H,6-7,21H2,1H3. The zero-order chi connectivity index (χ0) is 19.7. The summed E-state index contributed by atoms with van der Waals surface area (Å²) in [5.74, 6) is -3.33. The van der Waals surface area contributed by atoms with Crippen molar-refractivity contribution in [2.24, 2.45) is 11.8 Å². The minimum atomic E-state index is -1.85. The van der Waals surface area contributed by atoms with E-state index in [0.29, 0.717) is 0 Å². The van der Waals surface area contributed by atoms with E-state index in [4.69, 9.17) is 5.73 Å². The van der Waals surface area contributed by atoms with Gasteiger partial charge in [-0.15, -0.1) is 0 Å². The maximum atomic E-state index is 13.0. The fourth-order valence-corrected chi connectivity index (χ4v) is 4.37. The first-order valence-corrected chi connectivity index (χ1v) is 8.69. The summed E-state index contributed by atoms with van der Waals surface area (Å²) in [6.45, 7) is 1.20. The van der Waals surface area contributed by atoms with Crippen LogP contribution < -0.4 is 5.73 Å². The Morgan fingerprint density at radius 3 is 2.26 bits per heavy atom. The highest BCUT2D eigenvalue weighted by molar-refractivity contribution is 6.21. The third-order valence-electron chi connectivity index (χ3n) is 5.88. The molecule has 0 amide bonds. The van der Waals surface area contributed by atoms with Crippen LogP contribution >= 0.6 is 0 Å². The van der Waals surface area contributed by atoms with Gasteiger partial charge in [0.05, 0.1) is 29.1 Å². The lowest BCUT2D eigenvalue weighted by Gasteiger charge is -2.38. The number of anilines is 1. The van der Waals surface area contributed by atoms with Crippen LogP contribution in [0.4, 0.5) is 5.69 Å². The average molecular weight is 369 g/mol. The van der Waals surface area contributed by atoms with E-state index in [-0.39, 0.29) is 40.8 Å². The van der Waals surface area contributed by atoms with Crippen molar-refractivity contribution in [2.75, 3.05) is 5.73 Å². The molecular weight excluding hydrogens is 350 g/mol. The van der Waals surface area contributed by atoms with Crippen molar-refractivity contribution >= 4 is 23.0 Å². The second-order valence-electron chi connectivity index (χ2n) is 7.44. The molecule has 0 heterocycles. The number of benzene rings is 1. The van der Waals surface area contributed by atoms with Gasteiger partial charge in [0.1, 0.15) is 11.4 Å². The Hall–Kier alpha value is -2.77. The zero-order valence-corrected chi connectivity index (χ0v) is 14.6. The van der Waals surface area contributed by atoms with Gasteiger partial charge in [-0.3, -0.25) is 14.4 Å². The van der Waals surface area contributed by atoms with Gasteiger partial charge < -0.3 is 21.1 Å². The fourth-order valence-electron chi connectivity index (χ4n) is 4.37. The van der Waals surface area contributed by atoms with Crippen molar-refractivity contribution in [3.8, 4) is 5.75 Å². The van der Waals surface area contributed by atoms with E-state index >= 15 is 0 Å². The van der Waals surface area contributed by atoms with Gasteiger partial charge >= 0.3 is 0 Å². The van der Waals surface area contributed by atoms with Gasteiger partial charge in [0.15, 0.2) is 17.3 Å². The molecule has 0 bridgehead atoms. The molecule has 4 unspecified atom stereocenters. The fraction of sp³-hybridized carbons (Fsp3) is 0.350. The van der Waals surface area contributed by atoms with E-state index < -0.39 is 46.6 Å². The van der Waals surface area contributed by atoms with Crippen molar-refractivity contribution < 1.29 is 29.7 Å². The van der Waals surface area contributed by atoms with Gasteiger partial charge in [-0.05, 0) is 12.5 Å². The number of phenolic OH excluding ortho intramolecular Hbond substituents is 1. The molecule has 0 saturated heterocycles. The number of rotatable bonds is 1. The van der Waals surface area contributed by atoms with Crippen molar-refractivity contribution in [3.05, 3.63) is 46.6 Å². The topological polar surface area (TPSA) is 138 Å². The minimum absolute atomic E-state index is 0.00658. The summed E-state index contributed by atoms with van der Waals surface area (Å²) in [4.78, 5) is 37.8. The molecule has 0 radical (unpaired) electrons. The summed E-state index contributed by atoms with van der Waals surface area (Å²) in [6.07, 6.45) is 4.60. The van der Waals surface area contributed by atoms with Gasteiger partial charge in [0.2, 0.25) is 0 Å². The summed E-state index contributed by atoms with van der Waals surface area (Å²) in [5, 5.41) is 31.8. The molecule has 140 valence electrons. The first-order valence-electron chi connectivity index (χ1n) is 8.69. The quantitative estimate of drug-likeness (QED) is 0.428. The van der Waals surface area contributed by atoms with Crippen LogP contribution in [0.3, 0.4) is 0 Å². The van der Waals surface area contributed by atoms with E-state index in [1.165, 1.54) is 6.92 Å². The van der Waals surface area contributed by atoms with Crippen molar-refractivity contribution in [2.45, 2.75) is 31.5 Å². The Labute approximate surface area is 154 Å². The Morgan fingerprint density at radius 2 is 1.70 bits per heavy atom. The number of nitrogens with two attached hydrogens (primary N) is 1. The van der Waals surface area contributed by atoms with E-state index in [2.05, 4.69) is 0 Å². The number of carbonyl (C=O) groups excluding carboxylic acids is 3. The highest BCUT2D eigenvalue weighted by Crippen LogP contribution is 2.50. The van der Waals surface area contributed by atoms with Crippen LogP contribution in [0, 0.1) is 11.8 Å². The SMILES string of the molecule is CC(=O)C1(O)Cc2c(N)c3c(c(O)c2C(O)C1)C(=O)C1C=CC=CC1C3=O. The van der Waals surface area contributed by atoms with Crippen molar-refractivity contribution in [3.63, 3.8) is 0 Å². The molecule has 3 aliphatic rings. The van der Waals surface area contributed by atoms with Gasteiger partial charge in [-0.1, -0.05) is 24.3 Å². The number of allylic oxidation sites excluding steroid dienone is 4. The lowest BCUT2D eigenvalue weighted by molar-refractivity contribution is -0.139. The van der Waals surface area contributed by atoms with Crippen LogP contribution in [0.25, 0.3) is 0 Å². The number of fused-ring (bicyclic) bond motifs is 3. The van der Waals surface area contributed by atoms with Crippen molar-refractivity contribution in [1.82, 2.24) is 0 Å². The van der Waals surface area contributed by atoms with Gasteiger partial charge in [0.25, 0.3) is 0 Å². The maximum Gasteiger partial charge on any atom is 0.175 e. The summed E-state index contributed by atoms with van der Waals surface area (Å²) in [6, 6.07) is 0. The number of ketones is 3. The molecule has 5 N–H and O–H groups in total. The van der Waals surface area contributed by atoms with Gasteiger partial charge in [-0.2, -0.15) is 0 Å². The molecule has 1 aromatic rings. The van der Waals surface area contributed by atoms with Gasteiger partial charge in [-0.25, -0.2) is 0 Å². The summed E-state index contributed by atoms with van der Waals surface area (Å²) in [5.41, 5.74) is 4.12. The number of Topliss-reactive ketones (excluding diaryl/α,β-unsaturated/α-hetero) is 3. The molecule has 0 spiro atoms. The molecule has 0 fully saturated rings. The van der Waals surface area contributed by atoms with Crippen LogP contribution in [0.2, 0.25) is 0 Å². The molecule has 7 nitrogen and oxygen atoms in total. The van der Waals surface area contributed by atoms with Crippen LogP contribution in [-0.4, -0.2) is 38.3 Å². The number of nitrogen functional groups attached to an aromatic ring is 1. The molecule has 0 aromatic heterocycles. The normalized spacial score (nSPS) is 31.3. The Bertz CT molecular complexity index is 975. The Kier molecular flexibility index (Phi) is 3.66. The number of aromatic hydroxyl groups is 1. The number of hydrogen-bond acceptors (Lipinski definition) is 7. The Morgan fingerprint density at radius 1 is 1.15 bits per heavy atom. The molecule has 0 saturated carbocycles. The molecule has 7 heteroatoms. The smallest absolute Gasteiger partial charge is 0.175 e. The lowest BCUT2D eigenvalue weighted by Crippen LogP contribution is -2.45. The Balaban J connectivity index is 1.99. The summed E-state index contributed by atoms with van der Waals surface area (Å²) < 4.78 is 0. The molecular formula is C20H19NO6. The summed E-state index contributed by atoms with van der Waals surface area (Å²) in [7, 11) is 0. The first-order chi connectivity index (χ1) is 12.7. The molecule has 27 heavy (non-hydrogen) atoms. The van der Waals surface area contributed by atoms with Crippen LogP contribution in [-0.2, 0) is 11.2 Å². The molecule has 4 rings (SSSR count). The predicted molar refractivity (Wildman–Crippen MR) is 95.4 cm³/mol. The first kappa shape index (κ1) is 17.6. The third-order valence-corrected chi connectivity index (χ3v) is 5.88. The number of phenols is 1. The molecule has 0 aliphatic heterocycles. The number of aliphatic hydroxyl groups is 2. The average Bonchev–Trinajstić information content (AvgIpc) is 2.62. The van der Waals surface area contributed by atoms with E-state index in [0.717, 1.165) is 0 Å². The number of hydrogen-bond donors (Lipinski definition) is 4. The number of aliphatic hydroxyl groups excluding tert-OH is 1. The largest absolute Gasteiger partial charge is 0.507 e. The highest BCUT2D eigenvalue weighted by Gasteiger charge is 2.48. The molecule has 4 atom stereocenters. The predicted octanol–water partition coefficient (Wildman–Crippen LogP) is 1.01. The second kappa shape index (κ2) is 5.61. The second-order valence-corrected chi connectivity index (χ2v) is 7.44. The minimum Gasteiger partial charge on any atom is -0.507 e. The summed E-state index contributed by atoms with van der Waals surface area (Å²) >= 11 is 0. The van der Waals surface area contributed by atoms with Crippen LogP contribution in [0.5, 0.6) is 5.75 Å². The van der Waals surface area contributed by atoms with E-state index in [1.807, 2.05) is 0 Å². The lowest BCUT2D eigenvalue weighted by atomic mass is 9.67.